The molecule has 0 aromatic carbocycles. The maximum absolute atomic E-state index is 7.26. The third-order valence-electron chi connectivity index (χ3n) is 1.33. The monoisotopic (exact) mass is 126 g/mol. The lowest BCUT2D eigenvalue weighted by atomic mass is 10.0. The molecule has 0 spiro atoms. The summed E-state index contributed by atoms with van der Waals surface area (Å²) in [5, 5.41) is 7.26. The minimum atomic E-state index is 0.259. The minimum Gasteiger partial charge on any atom is -0.309 e. The van der Waals surface area contributed by atoms with Crippen molar-refractivity contribution in [2.75, 3.05) is 7.05 Å². The summed E-state index contributed by atoms with van der Waals surface area (Å²) in [4.78, 5) is 3.86. The van der Waals surface area contributed by atoms with Crippen LogP contribution in [0.25, 0.3) is 0 Å². The van der Waals surface area contributed by atoms with Crippen LogP contribution in [0.2, 0.25) is 0 Å². The summed E-state index contributed by atoms with van der Waals surface area (Å²) in [7, 11) is 1.74. The fraction of sp³-hybridized carbons (Fsp3) is 0.714. The van der Waals surface area contributed by atoms with Crippen molar-refractivity contribution in [3.8, 4) is 0 Å². The molecule has 1 unspecified atom stereocenters. The van der Waals surface area contributed by atoms with Crippen molar-refractivity contribution >= 4 is 11.9 Å². The van der Waals surface area contributed by atoms with E-state index in [9.17, 15) is 0 Å². The van der Waals surface area contributed by atoms with Gasteiger partial charge in [-0.05, 0) is 13.3 Å². The van der Waals surface area contributed by atoms with Crippen LogP contribution >= 0.6 is 0 Å². The number of nitrogens with one attached hydrogen (secondary N) is 1. The van der Waals surface area contributed by atoms with Crippen LogP contribution in [-0.4, -0.2) is 19.0 Å². The van der Waals surface area contributed by atoms with Gasteiger partial charge in [0, 0.05) is 24.9 Å². The van der Waals surface area contributed by atoms with Gasteiger partial charge in [0.05, 0.1) is 0 Å². The first-order chi connectivity index (χ1) is 4.22. The molecule has 0 saturated heterocycles. The van der Waals surface area contributed by atoms with Gasteiger partial charge in [-0.3, -0.25) is 0 Å². The molecule has 0 aliphatic rings. The molecule has 52 valence electrons. The number of hydrogen-bond acceptors (Lipinski definition) is 2. The molecule has 2 nitrogen and oxygen atoms in total. The van der Waals surface area contributed by atoms with E-state index in [1.807, 2.05) is 13.1 Å². The number of hydrogen-bond donors (Lipinski definition) is 1. The Labute approximate surface area is 56.5 Å². The van der Waals surface area contributed by atoms with Crippen LogP contribution in [0.3, 0.4) is 0 Å². The molecule has 0 aliphatic heterocycles. The lowest BCUT2D eigenvalue weighted by molar-refractivity contribution is 0.860. The highest BCUT2D eigenvalue weighted by atomic mass is 14.6. The quantitative estimate of drug-likeness (QED) is 0.559. The van der Waals surface area contributed by atoms with Crippen molar-refractivity contribution in [2.24, 2.45) is 10.9 Å². The molecule has 1 N–H and O–H groups in total. The molecule has 0 aliphatic carbocycles. The van der Waals surface area contributed by atoms with Crippen LogP contribution in [0.4, 0.5) is 0 Å². The van der Waals surface area contributed by atoms with Gasteiger partial charge < -0.3 is 10.4 Å². The summed E-state index contributed by atoms with van der Waals surface area (Å²) >= 11 is 0. The number of nitrogens with zero attached hydrogens (tertiary/aromatic N) is 1. The predicted molar refractivity (Wildman–Crippen MR) is 41.6 cm³/mol. The SMILES string of the molecule is CCC(C=NC)C(C)=N. The van der Waals surface area contributed by atoms with E-state index in [4.69, 9.17) is 5.41 Å². The van der Waals surface area contributed by atoms with Crippen LogP contribution in [-0.2, 0) is 0 Å². The van der Waals surface area contributed by atoms with Crippen molar-refractivity contribution < 1.29 is 0 Å². The van der Waals surface area contributed by atoms with Gasteiger partial charge in [0.25, 0.3) is 0 Å². The summed E-state index contributed by atoms with van der Waals surface area (Å²) in [6.07, 6.45) is 2.80. The zero-order valence-corrected chi connectivity index (χ0v) is 6.31. The third-order valence-corrected chi connectivity index (χ3v) is 1.33. The smallest absolute Gasteiger partial charge is 0.0310 e. The summed E-state index contributed by atoms with van der Waals surface area (Å²) in [6.45, 7) is 3.88. The van der Waals surface area contributed by atoms with Crippen LogP contribution in [0.5, 0.6) is 0 Å². The molecule has 0 fully saturated rings. The molecule has 0 bridgehead atoms. The van der Waals surface area contributed by atoms with Crippen LogP contribution in [0.1, 0.15) is 20.3 Å². The molecular formula is C7H14N2. The molecule has 0 radical (unpaired) electrons. The highest BCUT2D eigenvalue weighted by molar-refractivity contribution is 5.94. The Balaban J connectivity index is 3.83. The second kappa shape index (κ2) is 4.24. The zero-order chi connectivity index (χ0) is 7.28. The van der Waals surface area contributed by atoms with E-state index in [2.05, 4.69) is 11.9 Å². The van der Waals surface area contributed by atoms with E-state index in [0.717, 1.165) is 6.42 Å². The summed E-state index contributed by atoms with van der Waals surface area (Å²) in [5.41, 5.74) is 0.697. The minimum absolute atomic E-state index is 0.259. The Morgan fingerprint density at radius 1 is 1.78 bits per heavy atom. The van der Waals surface area contributed by atoms with E-state index in [0.29, 0.717) is 5.71 Å². The summed E-state index contributed by atoms with van der Waals surface area (Å²) in [6, 6.07) is 0. The Morgan fingerprint density at radius 3 is 2.44 bits per heavy atom. The van der Waals surface area contributed by atoms with Crippen molar-refractivity contribution in [1.82, 2.24) is 0 Å². The molecule has 0 aromatic rings. The first kappa shape index (κ1) is 8.34. The van der Waals surface area contributed by atoms with Gasteiger partial charge in [-0.15, -0.1) is 0 Å². The van der Waals surface area contributed by atoms with E-state index in [1.54, 1.807) is 7.05 Å². The van der Waals surface area contributed by atoms with Crippen molar-refractivity contribution in [3.63, 3.8) is 0 Å². The Bertz CT molecular complexity index is 116. The maximum Gasteiger partial charge on any atom is 0.0310 e. The molecule has 0 heterocycles. The van der Waals surface area contributed by atoms with Crippen molar-refractivity contribution in [1.29, 1.82) is 5.41 Å². The number of aliphatic imine (C=N–C) groups is 1. The molecule has 0 saturated carbocycles. The summed E-state index contributed by atoms with van der Waals surface area (Å²) in [5.74, 6) is 0.259. The topological polar surface area (TPSA) is 36.2 Å². The van der Waals surface area contributed by atoms with Gasteiger partial charge >= 0.3 is 0 Å². The van der Waals surface area contributed by atoms with E-state index < -0.39 is 0 Å². The standard InChI is InChI=1S/C7H14N2/c1-4-7(5-9-3)6(2)8/h5,7-8H,4H2,1-3H3. The largest absolute Gasteiger partial charge is 0.309 e. The van der Waals surface area contributed by atoms with Crippen LogP contribution in [0.15, 0.2) is 4.99 Å². The summed E-state index contributed by atoms with van der Waals surface area (Å²) < 4.78 is 0. The maximum atomic E-state index is 7.26. The molecule has 0 aromatic heterocycles. The van der Waals surface area contributed by atoms with Gasteiger partial charge in [-0.1, -0.05) is 6.92 Å². The van der Waals surface area contributed by atoms with Crippen molar-refractivity contribution in [2.45, 2.75) is 20.3 Å². The second-order valence-corrected chi connectivity index (χ2v) is 2.11. The Kier molecular flexibility index (Phi) is 3.93. The highest BCUT2D eigenvalue weighted by Crippen LogP contribution is 1.99. The molecule has 0 amide bonds. The normalized spacial score (nSPS) is 14.1. The molecular weight excluding hydrogens is 112 g/mol. The first-order valence-corrected chi connectivity index (χ1v) is 3.19. The molecule has 2 heteroatoms. The molecule has 0 rings (SSSR count). The van der Waals surface area contributed by atoms with Crippen LogP contribution in [0, 0.1) is 11.3 Å². The average molecular weight is 126 g/mol. The third kappa shape index (κ3) is 3.01. The zero-order valence-electron chi connectivity index (χ0n) is 6.31. The van der Waals surface area contributed by atoms with Crippen LogP contribution < -0.4 is 0 Å². The highest BCUT2D eigenvalue weighted by Gasteiger charge is 2.02. The van der Waals surface area contributed by atoms with Gasteiger partial charge in [0.2, 0.25) is 0 Å². The fourth-order valence-electron chi connectivity index (χ4n) is 0.703. The Morgan fingerprint density at radius 2 is 2.33 bits per heavy atom. The molecule has 9 heavy (non-hydrogen) atoms. The first-order valence-electron chi connectivity index (χ1n) is 3.19. The van der Waals surface area contributed by atoms with Gasteiger partial charge in [-0.2, -0.15) is 0 Å². The second-order valence-electron chi connectivity index (χ2n) is 2.11. The lowest BCUT2D eigenvalue weighted by Crippen LogP contribution is -2.09. The molecule has 1 atom stereocenters. The predicted octanol–water partition coefficient (Wildman–Crippen LogP) is 1.75. The average Bonchev–Trinajstić information content (AvgIpc) is 1.82. The van der Waals surface area contributed by atoms with Crippen molar-refractivity contribution in [3.05, 3.63) is 0 Å². The van der Waals surface area contributed by atoms with E-state index >= 15 is 0 Å². The van der Waals surface area contributed by atoms with Gasteiger partial charge in [-0.25, -0.2) is 0 Å². The fourth-order valence-corrected chi connectivity index (χ4v) is 0.703. The van der Waals surface area contributed by atoms with Gasteiger partial charge in [0.1, 0.15) is 0 Å². The Hall–Kier alpha value is -0.660. The van der Waals surface area contributed by atoms with E-state index in [-0.39, 0.29) is 5.92 Å². The van der Waals surface area contributed by atoms with Gasteiger partial charge in [0.15, 0.2) is 0 Å². The van der Waals surface area contributed by atoms with E-state index in [1.165, 1.54) is 0 Å². The number of rotatable bonds is 3. The lowest BCUT2D eigenvalue weighted by Gasteiger charge is -2.04.